The van der Waals surface area contributed by atoms with Gasteiger partial charge in [-0.2, -0.15) is 0 Å². The third-order valence-electron chi connectivity index (χ3n) is 11.1. The lowest BCUT2D eigenvalue weighted by Gasteiger charge is -2.58. The highest BCUT2D eigenvalue weighted by molar-refractivity contribution is 5.25. The van der Waals surface area contributed by atoms with Crippen LogP contribution in [0.3, 0.4) is 0 Å². The standard InChI is InChI=1S/C30H52/c1-7-9-23-16-18-29(5)24(20-23)12-13-25-27-15-14-26(22(4)11-8-10-21(2)3)30(27,6)19-17-28(25)29/h12,21-23,25-28H,7-11,13-20H2,1-6H3/t22-,23+,25?,26?,27+,28?,29?,30?/m1/s1. The van der Waals surface area contributed by atoms with E-state index in [0.717, 1.165) is 41.4 Å². The highest BCUT2D eigenvalue weighted by Gasteiger charge is 2.59. The van der Waals surface area contributed by atoms with Crippen LogP contribution in [0.25, 0.3) is 0 Å². The largest absolute Gasteiger partial charge is 0.0845 e. The van der Waals surface area contributed by atoms with Gasteiger partial charge in [0.25, 0.3) is 0 Å². The number of fused-ring (bicyclic) bond motifs is 5. The molecular weight excluding hydrogens is 360 g/mol. The zero-order chi connectivity index (χ0) is 21.5. The molecule has 172 valence electrons. The van der Waals surface area contributed by atoms with Crippen LogP contribution >= 0.6 is 0 Å². The van der Waals surface area contributed by atoms with Gasteiger partial charge in [-0.25, -0.2) is 0 Å². The Morgan fingerprint density at radius 3 is 2.50 bits per heavy atom. The van der Waals surface area contributed by atoms with Crippen molar-refractivity contribution >= 4 is 0 Å². The minimum absolute atomic E-state index is 0.551. The van der Waals surface area contributed by atoms with Crippen molar-refractivity contribution in [2.24, 2.45) is 52.3 Å². The topological polar surface area (TPSA) is 0 Å². The fourth-order valence-corrected chi connectivity index (χ4v) is 9.42. The van der Waals surface area contributed by atoms with Gasteiger partial charge < -0.3 is 0 Å². The molecule has 3 saturated carbocycles. The van der Waals surface area contributed by atoms with E-state index in [0.29, 0.717) is 10.8 Å². The summed E-state index contributed by atoms with van der Waals surface area (Å²) in [5.74, 6) is 6.79. The summed E-state index contributed by atoms with van der Waals surface area (Å²) in [6.45, 7) is 15.2. The van der Waals surface area contributed by atoms with Crippen molar-refractivity contribution in [3.05, 3.63) is 11.6 Å². The van der Waals surface area contributed by atoms with Gasteiger partial charge >= 0.3 is 0 Å². The Kier molecular flexibility index (Phi) is 6.83. The van der Waals surface area contributed by atoms with Gasteiger partial charge in [-0.05, 0) is 104 Å². The molecule has 0 heteroatoms. The second kappa shape index (κ2) is 8.94. The van der Waals surface area contributed by atoms with Crippen molar-refractivity contribution in [2.45, 2.75) is 125 Å². The molecule has 0 radical (unpaired) electrons. The molecule has 0 N–H and O–H groups in total. The monoisotopic (exact) mass is 412 g/mol. The van der Waals surface area contributed by atoms with Crippen molar-refractivity contribution < 1.29 is 0 Å². The molecular formula is C30H52. The average molecular weight is 413 g/mol. The van der Waals surface area contributed by atoms with Gasteiger partial charge in [0, 0.05) is 0 Å². The first-order valence-corrected chi connectivity index (χ1v) is 14.0. The molecule has 5 unspecified atom stereocenters. The van der Waals surface area contributed by atoms with Gasteiger partial charge in [0.2, 0.25) is 0 Å². The minimum atomic E-state index is 0.551. The molecule has 4 aliphatic carbocycles. The van der Waals surface area contributed by atoms with E-state index in [9.17, 15) is 0 Å². The van der Waals surface area contributed by atoms with E-state index in [1.807, 2.05) is 5.57 Å². The van der Waals surface area contributed by atoms with E-state index >= 15 is 0 Å². The molecule has 0 bridgehead atoms. The van der Waals surface area contributed by atoms with E-state index in [1.54, 1.807) is 0 Å². The SMILES string of the molecule is CCC[C@H]1CCC2(C)C(=CCC3C2CCC2(C)C([C@H](C)CCCC(C)C)CC[C@@H]32)C1. The van der Waals surface area contributed by atoms with Crippen LogP contribution < -0.4 is 0 Å². The Bertz CT molecular complexity index is 614. The molecule has 3 fully saturated rings. The molecule has 0 aromatic carbocycles. The van der Waals surface area contributed by atoms with Crippen molar-refractivity contribution in [3.63, 3.8) is 0 Å². The molecule has 30 heavy (non-hydrogen) atoms. The summed E-state index contributed by atoms with van der Waals surface area (Å²) in [5, 5.41) is 0. The molecule has 0 aromatic rings. The van der Waals surface area contributed by atoms with Crippen LogP contribution in [-0.4, -0.2) is 0 Å². The smallest absolute Gasteiger partial charge is 0.00851 e. The first kappa shape index (κ1) is 22.9. The highest BCUT2D eigenvalue weighted by atomic mass is 14.6. The first-order valence-electron chi connectivity index (χ1n) is 14.0. The maximum absolute atomic E-state index is 2.79. The lowest BCUT2D eigenvalue weighted by atomic mass is 9.46. The van der Waals surface area contributed by atoms with E-state index in [1.165, 1.54) is 83.5 Å². The fourth-order valence-electron chi connectivity index (χ4n) is 9.42. The molecule has 0 heterocycles. The number of rotatable bonds is 7. The van der Waals surface area contributed by atoms with Crippen LogP contribution in [0.4, 0.5) is 0 Å². The molecule has 4 aliphatic rings. The first-order chi connectivity index (χ1) is 14.3. The summed E-state index contributed by atoms with van der Waals surface area (Å²) in [6.07, 6.45) is 21.9. The number of hydrogen-bond acceptors (Lipinski definition) is 0. The number of hydrogen-bond donors (Lipinski definition) is 0. The summed E-state index contributed by atoms with van der Waals surface area (Å²) < 4.78 is 0. The normalized spacial score (nSPS) is 44.2. The predicted molar refractivity (Wildman–Crippen MR) is 131 cm³/mol. The Balaban J connectivity index is 1.47. The molecule has 0 spiro atoms. The third-order valence-corrected chi connectivity index (χ3v) is 11.1. The Labute approximate surface area is 189 Å². The van der Waals surface area contributed by atoms with Gasteiger partial charge in [0.05, 0.1) is 0 Å². The molecule has 0 aliphatic heterocycles. The summed E-state index contributed by atoms with van der Waals surface area (Å²) >= 11 is 0. The average Bonchev–Trinajstić information content (AvgIpc) is 3.05. The molecule has 0 saturated heterocycles. The molecule has 8 atom stereocenters. The van der Waals surface area contributed by atoms with Crippen molar-refractivity contribution in [1.29, 1.82) is 0 Å². The predicted octanol–water partition coefficient (Wildman–Crippen LogP) is 9.44. The number of allylic oxidation sites excluding steroid dienone is 2. The van der Waals surface area contributed by atoms with Crippen LogP contribution in [0.5, 0.6) is 0 Å². The van der Waals surface area contributed by atoms with Crippen LogP contribution in [0.2, 0.25) is 0 Å². The zero-order valence-corrected chi connectivity index (χ0v) is 21.3. The highest BCUT2D eigenvalue weighted by Crippen LogP contribution is 2.67. The van der Waals surface area contributed by atoms with Crippen molar-refractivity contribution in [3.8, 4) is 0 Å². The lowest BCUT2D eigenvalue weighted by molar-refractivity contribution is -0.0529. The van der Waals surface area contributed by atoms with Crippen LogP contribution in [-0.2, 0) is 0 Å². The van der Waals surface area contributed by atoms with Crippen LogP contribution in [0.1, 0.15) is 125 Å². The summed E-state index contributed by atoms with van der Waals surface area (Å²) in [7, 11) is 0. The Morgan fingerprint density at radius 2 is 1.77 bits per heavy atom. The van der Waals surface area contributed by atoms with Gasteiger partial charge in [-0.15, -0.1) is 0 Å². The summed E-state index contributed by atoms with van der Waals surface area (Å²) in [5.41, 5.74) is 3.09. The summed E-state index contributed by atoms with van der Waals surface area (Å²) in [6, 6.07) is 0. The Hall–Kier alpha value is -0.260. The van der Waals surface area contributed by atoms with E-state index in [4.69, 9.17) is 0 Å². The summed E-state index contributed by atoms with van der Waals surface area (Å²) in [4.78, 5) is 0. The molecule has 0 amide bonds. The van der Waals surface area contributed by atoms with Gasteiger partial charge in [-0.1, -0.05) is 85.3 Å². The zero-order valence-electron chi connectivity index (χ0n) is 21.3. The van der Waals surface area contributed by atoms with E-state index in [2.05, 4.69) is 47.6 Å². The van der Waals surface area contributed by atoms with E-state index in [-0.39, 0.29) is 0 Å². The molecule has 0 nitrogen and oxygen atoms in total. The van der Waals surface area contributed by atoms with Gasteiger partial charge in [0.15, 0.2) is 0 Å². The lowest BCUT2D eigenvalue weighted by Crippen LogP contribution is -2.50. The van der Waals surface area contributed by atoms with Gasteiger partial charge in [0.1, 0.15) is 0 Å². The van der Waals surface area contributed by atoms with Crippen LogP contribution in [0, 0.1) is 52.3 Å². The van der Waals surface area contributed by atoms with Gasteiger partial charge in [-0.3, -0.25) is 0 Å². The van der Waals surface area contributed by atoms with Crippen molar-refractivity contribution in [1.82, 2.24) is 0 Å². The second-order valence-corrected chi connectivity index (χ2v) is 13.2. The second-order valence-electron chi connectivity index (χ2n) is 13.2. The fraction of sp³-hybridized carbons (Fsp3) is 0.933. The van der Waals surface area contributed by atoms with E-state index < -0.39 is 0 Å². The quantitative estimate of drug-likeness (QED) is 0.365. The molecule has 4 rings (SSSR count). The minimum Gasteiger partial charge on any atom is -0.0845 e. The Morgan fingerprint density at radius 1 is 0.967 bits per heavy atom. The third kappa shape index (κ3) is 3.96. The van der Waals surface area contributed by atoms with Crippen molar-refractivity contribution in [2.75, 3.05) is 0 Å². The maximum atomic E-state index is 2.79. The molecule has 0 aromatic heterocycles. The maximum Gasteiger partial charge on any atom is -0.00851 e. The van der Waals surface area contributed by atoms with Crippen LogP contribution in [0.15, 0.2) is 11.6 Å².